The van der Waals surface area contributed by atoms with Gasteiger partial charge in [0.05, 0.1) is 22.8 Å². The third kappa shape index (κ3) is 8.52. The number of nitrogens with zero attached hydrogens (tertiary/aromatic N) is 4. The second-order valence-corrected chi connectivity index (χ2v) is 19.3. The molecule has 5 nitrogen and oxygen atoms in total. The van der Waals surface area contributed by atoms with Crippen molar-refractivity contribution in [2.75, 3.05) is 0 Å². The van der Waals surface area contributed by atoms with E-state index in [1.54, 1.807) is 0 Å². The van der Waals surface area contributed by atoms with Gasteiger partial charge in [0.25, 0.3) is 0 Å². The van der Waals surface area contributed by atoms with Gasteiger partial charge in [-0.25, -0.2) is 19.9 Å². The number of hydrogen-bond acceptors (Lipinski definition) is 5. The lowest BCUT2D eigenvalue weighted by atomic mass is 9.89. The largest absolute Gasteiger partial charge is 0.456 e. The lowest BCUT2D eigenvalue weighted by molar-refractivity contribution is 0.669. The summed E-state index contributed by atoms with van der Waals surface area (Å²) >= 11 is 0. The van der Waals surface area contributed by atoms with Gasteiger partial charge in [0.1, 0.15) is 11.2 Å². The monoisotopic (exact) mass is 982 g/mol. The highest BCUT2D eigenvalue weighted by atomic mass is 16.3. The second kappa shape index (κ2) is 19.5. The SMILES string of the molecule is c1ccc(-c2cc(-c3ccccc3-c3cccc4ccccc34)nc(-c3ccc(-c4ccccc4-c4nc(-c5ccccc5)cc(-c5ccccc5)n4)c(-c4ccc(-c5cccc6oc7ccccc7c56)cc4)c3)n2)cc1. The molecule has 0 unspecified atom stereocenters. The summed E-state index contributed by atoms with van der Waals surface area (Å²) in [6, 6.07) is 97.6. The number of aromatic nitrogens is 4. The average molecular weight is 983 g/mol. The molecule has 77 heavy (non-hydrogen) atoms. The van der Waals surface area contributed by atoms with Crippen LogP contribution in [0.1, 0.15) is 0 Å². The summed E-state index contributed by atoms with van der Waals surface area (Å²) in [6.45, 7) is 0. The zero-order valence-corrected chi connectivity index (χ0v) is 41.8. The second-order valence-electron chi connectivity index (χ2n) is 19.3. The standard InChI is InChI=1S/C72H46N4O/c1-4-21-50(22-5-1)64-45-65(51-23-6-2-7-24-51)75-72(74-64)61-32-15-13-30-58(61)59-43-42-53(44-63(59)49-40-38-48(39-41-49)55-34-19-37-69-70(55)62-33-16-17-36-68(62)77-69)71-73-66(52-25-8-3-9-26-52)46-67(76-71)60-31-14-12-29-57(60)56-35-18-27-47-20-10-11-28-54(47)56/h1-46H. The molecule has 0 N–H and O–H groups in total. The quantitative estimate of drug-likeness (QED) is 0.137. The fourth-order valence-corrected chi connectivity index (χ4v) is 10.9. The van der Waals surface area contributed by atoms with E-state index in [4.69, 9.17) is 24.4 Å². The first-order valence-electron chi connectivity index (χ1n) is 25.9. The molecule has 0 aliphatic heterocycles. The number of benzene rings is 11. The molecule has 0 spiro atoms. The summed E-state index contributed by atoms with van der Waals surface area (Å²) in [5.74, 6) is 1.26. The van der Waals surface area contributed by atoms with Crippen LogP contribution >= 0.6 is 0 Å². The molecule has 0 saturated carbocycles. The molecule has 0 radical (unpaired) electrons. The molecule has 0 bridgehead atoms. The van der Waals surface area contributed by atoms with Crippen molar-refractivity contribution in [1.82, 2.24) is 19.9 Å². The Morgan fingerprint density at radius 3 is 1.32 bits per heavy atom. The predicted molar refractivity (Wildman–Crippen MR) is 317 cm³/mol. The highest BCUT2D eigenvalue weighted by molar-refractivity contribution is 6.12. The third-order valence-electron chi connectivity index (χ3n) is 14.6. The minimum Gasteiger partial charge on any atom is -0.456 e. The molecule has 0 atom stereocenters. The van der Waals surface area contributed by atoms with Gasteiger partial charge in [-0.1, -0.05) is 249 Å². The first-order valence-corrected chi connectivity index (χ1v) is 25.9. The van der Waals surface area contributed by atoms with Crippen LogP contribution in [-0.2, 0) is 0 Å². The van der Waals surface area contributed by atoms with Crippen molar-refractivity contribution in [2.45, 2.75) is 0 Å². The zero-order valence-electron chi connectivity index (χ0n) is 41.8. The van der Waals surface area contributed by atoms with Crippen LogP contribution in [0, 0.1) is 0 Å². The minimum absolute atomic E-state index is 0.622. The van der Waals surface area contributed by atoms with Crippen molar-refractivity contribution in [1.29, 1.82) is 0 Å². The Labute approximate surface area is 446 Å². The molecule has 0 fully saturated rings. The molecular weight excluding hydrogens is 937 g/mol. The normalized spacial score (nSPS) is 11.4. The lowest BCUT2D eigenvalue weighted by Gasteiger charge is -2.18. The molecule has 0 aliphatic carbocycles. The van der Waals surface area contributed by atoms with Crippen molar-refractivity contribution in [3.8, 4) is 112 Å². The van der Waals surface area contributed by atoms with Crippen LogP contribution in [-0.4, -0.2) is 19.9 Å². The van der Waals surface area contributed by atoms with E-state index in [0.717, 1.165) is 123 Å². The molecule has 0 amide bonds. The van der Waals surface area contributed by atoms with Crippen LogP contribution < -0.4 is 0 Å². The summed E-state index contributed by atoms with van der Waals surface area (Å²) in [7, 11) is 0. The molecule has 14 rings (SSSR count). The maximum atomic E-state index is 6.34. The molecule has 0 aliphatic rings. The summed E-state index contributed by atoms with van der Waals surface area (Å²) in [4.78, 5) is 21.5. The summed E-state index contributed by atoms with van der Waals surface area (Å²) in [6.07, 6.45) is 0. The van der Waals surface area contributed by atoms with Crippen LogP contribution in [0.15, 0.2) is 283 Å². The van der Waals surface area contributed by atoms with Gasteiger partial charge >= 0.3 is 0 Å². The molecule has 360 valence electrons. The zero-order chi connectivity index (χ0) is 51.1. The van der Waals surface area contributed by atoms with E-state index in [-0.39, 0.29) is 0 Å². The summed E-state index contributed by atoms with van der Waals surface area (Å²) in [5.41, 5.74) is 19.5. The molecular formula is C72H46N4O. The Morgan fingerprint density at radius 1 is 0.221 bits per heavy atom. The van der Waals surface area contributed by atoms with Gasteiger partial charge in [0, 0.05) is 44.2 Å². The minimum atomic E-state index is 0.622. The summed E-state index contributed by atoms with van der Waals surface area (Å²) in [5, 5.41) is 4.58. The topological polar surface area (TPSA) is 64.7 Å². The predicted octanol–water partition coefficient (Wildman–Crippen LogP) is 19.0. The number of hydrogen-bond donors (Lipinski definition) is 0. The third-order valence-corrected chi connectivity index (χ3v) is 14.6. The van der Waals surface area contributed by atoms with Crippen LogP contribution in [0.5, 0.6) is 0 Å². The van der Waals surface area contributed by atoms with Crippen molar-refractivity contribution in [3.05, 3.63) is 279 Å². The van der Waals surface area contributed by atoms with Gasteiger partial charge in [-0.15, -0.1) is 0 Å². The number of para-hydroxylation sites is 1. The van der Waals surface area contributed by atoms with E-state index in [9.17, 15) is 0 Å². The Kier molecular flexibility index (Phi) is 11.5. The van der Waals surface area contributed by atoms with Crippen LogP contribution in [0.3, 0.4) is 0 Å². The molecule has 0 saturated heterocycles. The lowest BCUT2D eigenvalue weighted by Crippen LogP contribution is -1.99. The fourth-order valence-electron chi connectivity index (χ4n) is 10.9. The first kappa shape index (κ1) is 45.3. The molecule has 14 aromatic rings. The maximum Gasteiger partial charge on any atom is 0.161 e. The van der Waals surface area contributed by atoms with E-state index < -0.39 is 0 Å². The number of rotatable bonds is 10. The van der Waals surface area contributed by atoms with E-state index >= 15 is 0 Å². The van der Waals surface area contributed by atoms with Crippen molar-refractivity contribution in [2.24, 2.45) is 0 Å². The van der Waals surface area contributed by atoms with Crippen LogP contribution in [0.25, 0.3) is 145 Å². The smallest absolute Gasteiger partial charge is 0.161 e. The van der Waals surface area contributed by atoms with E-state index in [1.807, 2.05) is 36.4 Å². The number of fused-ring (bicyclic) bond motifs is 4. The van der Waals surface area contributed by atoms with Crippen molar-refractivity contribution in [3.63, 3.8) is 0 Å². The number of furan rings is 1. The van der Waals surface area contributed by atoms with Crippen LogP contribution in [0.2, 0.25) is 0 Å². The molecule has 3 aromatic heterocycles. The van der Waals surface area contributed by atoms with Crippen LogP contribution in [0.4, 0.5) is 0 Å². The van der Waals surface area contributed by atoms with Gasteiger partial charge in [0.2, 0.25) is 0 Å². The Balaban J connectivity index is 0.970. The average Bonchev–Trinajstić information content (AvgIpc) is 3.92. The Bertz CT molecular complexity index is 4430. The van der Waals surface area contributed by atoms with E-state index in [0.29, 0.717) is 11.6 Å². The van der Waals surface area contributed by atoms with Crippen molar-refractivity contribution >= 4 is 32.7 Å². The van der Waals surface area contributed by atoms with Gasteiger partial charge < -0.3 is 4.42 Å². The fraction of sp³-hybridized carbons (Fsp3) is 0. The summed E-state index contributed by atoms with van der Waals surface area (Å²) < 4.78 is 6.34. The van der Waals surface area contributed by atoms with Gasteiger partial charge in [-0.2, -0.15) is 0 Å². The highest BCUT2D eigenvalue weighted by Crippen LogP contribution is 2.44. The van der Waals surface area contributed by atoms with Crippen molar-refractivity contribution < 1.29 is 4.42 Å². The maximum absolute atomic E-state index is 6.34. The van der Waals surface area contributed by atoms with E-state index in [1.165, 1.54) is 10.8 Å². The Morgan fingerprint density at radius 2 is 0.649 bits per heavy atom. The molecule has 3 heterocycles. The van der Waals surface area contributed by atoms with Gasteiger partial charge in [0.15, 0.2) is 11.6 Å². The highest BCUT2D eigenvalue weighted by Gasteiger charge is 2.21. The Hall–Kier alpha value is -10.4. The molecule has 11 aromatic carbocycles. The van der Waals surface area contributed by atoms with Gasteiger partial charge in [-0.3, -0.25) is 0 Å². The molecule has 5 heteroatoms. The first-order chi connectivity index (χ1) is 38.2. The van der Waals surface area contributed by atoms with Gasteiger partial charge in [-0.05, 0) is 85.6 Å². The van der Waals surface area contributed by atoms with E-state index in [2.05, 4.69) is 243 Å².